The molecule has 1 rings (SSSR count). The zero-order valence-corrected chi connectivity index (χ0v) is 13.5. The molecule has 6 heteroatoms. The fraction of sp³-hybridized carbons (Fsp3) is 0.467. The Morgan fingerprint density at radius 2 is 1.95 bits per heavy atom. The zero-order chi connectivity index (χ0) is 15.7. The molecule has 0 aliphatic carbocycles. The fourth-order valence-corrected chi connectivity index (χ4v) is 1.62. The molecule has 0 fully saturated rings. The molecule has 21 heavy (non-hydrogen) atoms. The van der Waals surface area contributed by atoms with Gasteiger partial charge in [0.05, 0.1) is 12.1 Å². The molecule has 0 aliphatic rings. The predicted molar refractivity (Wildman–Crippen MR) is 88.1 cm³/mol. The molecule has 0 heterocycles. The van der Waals surface area contributed by atoms with Crippen molar-refractivity contribution in [1.82, 2.24) is 5.32 Å². The van der Waals surface area contributed by atoms with Gasteiger partial charge in [0, 0.05) is 12.2 Å². The summed E-state index contributed by atoms with van der Waals surface area (Å²) in [6.45, 7) is 6.53. The van der Waals surface area contributed by atoms with Crippen molar-refractivity contribution in [3.05, 3.63) is 24.3 Å². The number of hydrogen-bond acceptors (Lipinski definition) is 4. The summed E-state index contributed by atoms with van der Waals surface area (Å²) >= 11 is 4.71. The average molecular weight is 310 g/mol. The molecule has 2 N–H and O–H groups in total. The van der Waals surface area contributed by atoms with Gasteiger partial charge in [-0.1, -0.05) is 12.2 Å². The number of alkyl carbamates (subject to hydrolysis) is 1. The fourth-order valence-electron chi connectivity index (χ4n) is 1.48. The van der Waals surface area contributed by atoms with Crippen LogP contribution in [0.2, 0.25) is 0 Å². The first-order chi connectivity index (χ1) is 9.90. The van der Waals surface area contributed by atoms with Crippen molar-refractivity contribution >= 4 is 29.5 Å². The van der Waals surface area contributed by atoms with Crippen LogP contribution >= 0.6 is 12.2 Å². The Morgan fingerprint density at radius 3 is 2.52 bits per heavy atom. The third kappa shape index (κ3) is 8.14. The summed E-state index contributed by atoms with van der Waals surface area (Å²) in [5.74, 6) is 0.780. The van der Waals surface area contributed by atoms with Crippen molar-refractivity contribution in [3.8, 4) is 5.75 Å². The van der Waals surface area contributed by atoms with Crippen molar-refractivity contribution in [2.75, 3.05) is 18.5 Å². The van der Waals surface area contributed by atoms with Crippen molar-refractivity contribution < 1.29 is 14.3 Å². The number of thiocarbonyl (C=S) groups is 1. The van der Waals surface area contributed by atoms with Crippen LogP contribution in [0.5, 0.6) is 5.75 Å². The van der Waals surface area contributed by atoms with Crippen molar-refractivity contribution in [3.63, 3.8) is 0 Å². The van der Waals surface area contributed by atoms with Crippen LogP contribution in [0.25, 0.3) is 0 Å². The Bertz CT molecular complexity index is 455. The lowest BCUT2D eigenvalue weighted by atomic mass is 10.2. The minimum atomic E-state index is -0.473. The third-order valence-electron chi connectivity index (χ3n) is 2.34. The summed E-state index contributed by atoms with van der Waals surface area (Å²) in [7, 11) is 0. The smallest absolute Gasteiger partial charge is 0.407 e. The molecule has 0 atom stereocenters. The standard InChI is InChI=1S/C15H22N2O3S/c1-15(2,3)20-14(18)16-9-4-10-19-13-7-5-12(6-8-13)17-11-21/h5-8,11H,4,9-10H2,1-3H3,(H,16,18)(H,17,21). The van der Waals surface area contributed by atoms with Crippen molar-refractivity contribution in [2.24, 2.45) is 0 Å². The molecule has 1 aromatic rings. The van der Waals surface area contributed by atoms with Crippen LogP contribution in [0.1, 0.15) is 27.2 Å². The van der Waals surface area contributed by atoms with Crippen LogP contribution in [0.4, 0.5) is 10.5 Å². The van der Waals surface area contributed by atoms with Gasteiger partial charge in [-0.15, -0.1) is 0 Å². The molecule has 1 aromatic carbocycles. The minimum Gasteiger partial charge on any atom is -0.494 e. The Balaban J connectivity index is 2.16. The maximum Gasteiger partial charge on any atom is 0.407 e. The van der Waals surface area contributed by atoms with Crippen LogP contribution in [-0.4, -0.2) is 30.3 Å². The first kappa shape index (κ1) is 17.2. The third-order valence-corrected chi connectivity index (χ3v) is 2.46. The van der Waals surface area contributed by atoms with E-state index in [-0.39, 0.29) is 0 Å². The SMILES string of the molecule is CC(C)(C)OC(=O)NCCCOc1ccc(NC=S)cc1. The summed E-state index contributed by atoms with van der Waals surface area (Å²) in [4.78, 5) is 11.4. The number of rotatable bonds is 7. The van der Waals surface area contributed by atoms with E-state index >= 15 is 0 Å². The number of ether oxygens (including phenoxy) is 2. The molecular formula is C15H22N2O3S. The summed E-state index contributed by atoms with van der Waals surface area (Å²) in [6.07, 6.45) is 0.303. The van der Waals surface area contributed by atoms with Gasteiger partial charge in [0.1, 0.15) is 11.4 Å². The minimum absolute atomic E-state index is 0.405. The predicted octanol–water partition coefficient (Wildman–Crippen LogP) is 3.35. The molecule has 0 bridgehead atoms. The topological polar surface area (TPSA) is 59.6 Å². The van der Waals surface area contributed by atoms with Crippen LogP contribution in [-0.2, 0) is 4.74 Å². The van der Waals surface area contributed by atoms with E-state index in [1.54, 1.807) is 0 Å². The van der Waals surface area contributed by atoms with Gasteiger partial charge in [-0.25, -0.2) is 4.79 Å². The molecule has 0 aromatic heterocycles. The largest absolute Gasteiger partial charge is 0.494 e. The normalized spacial score (nSPS) is 10.6. The number of carbonyl (C=O) groups excluding carboxylic acids is 1. The van der Waals surface area contributed by atoms with Crippen molar-refractivity contribution in [2.45, 2.75) is 32.8 Å². The van der Waals surface area contributed by atoms with E-state index in [0.717, 1.165) is 11.4 Å². The molecule has 116 valence electrons. The van der Waals surface area contributed by atoms with Gasteiger partial charge in [0.25, 0.3) is 0 Å². The molecule has 1 amide bonds. The van der Waals surface area contributed by atoms with Gasteiger partial charge in [-0.3, -0.25) is 0 Å². The molecule has 0 aliphatic heterocycles. The van der Waals surface area contributed by atoms with E-state index in [0.29, 0.717) is 19.6 Å². The Labute approximate surface area is 131 Å². The van der Waals surface area contributed by atoms with Gasteiger partial charge < -0.3 is 20.1 Å². The van der Waals surface area contributed by atoms with E-state index in [9.17, 15) is 4.79 Å². The summed E-state index contributed by atoms with van der Waals surface area (Å²) in [5, 5.41) is 5.60. The van der Waals surface area contributed by atoms with E-state index < -0.39 is 11.7 Å². The van der Waals surface area contributed by atoms with Gasteiger partial charge >= 0.3 is 6.09 Å². The van der Waals surface area contributed by atoms with E-state index in [1.165, 1.54) is 5.49 Å². The Morgan fingerprint density at radius 1 is 1.29 bits per heavy atom. The average Bonchev–Trinajstić information content (AvgIpc) is 2.38. The highest BCUT2D eigenvalue weighted by molar-refractivity contribution is 7.79. The number of benzene rings is 1. The quantitative estimate of drug-likeness (QED) is 0.597. The van der Waals surface area contributed by atoms with E-state index in [1.807, 2.05) is 45.0 Å². The van der Waals surface area contributed by atoms with Gasteiger partial charge in [-0.05, 0) is 51.5 Å². The zero-order valence-electron chi connectivity index (χ0n) is 12.6. The first-order valence-electron chi connectivity index (χ1n) is 6.80. The maximum absolute atomic E-state index is 11.4. The number of nitrogens with one attached hydrogen (secondary N) is 2. The van der Waals surface area contributed by atoms with Crippen LogP contribution in [0, 0.1) is 0 Å². The van der Waals surface area contributed by atoms with Crippen LogP contribution in [0.3, 0.4) is 0 Å². The van der Waals surface area contributed by atoms with Gasteiger partial charge in [-0.2, -0.15) is 0 Å². The summed E-state index contributed by atoms with van der Waals surface area (Å²) in [6, 6.07) is 7.50. The second-order valence-corrected chi connectivity index (χ2v) is 5.65. The maximum atomic E-state index is 11.4. The van der Waals surface area contributed by atoms with E-state index in [4.69, 9.17) is 21.7 Å². The van der Waals surface area contributed by atoms with Crippen LogP contribution < -0.4 is 15.4 Å². The molecule has 0 saturated carbocycles. The molecular weight excluding hydrogens is 288 g/mol. The van der Waals surface area contributed by atoms with Crippen LogP contribution in [0.15, 0.2) is 24.3 Å². The molecule has 5 nitrogen and oxygen atoms in total. The molecule has 0 radical (unpaired) electrons. The lowest BCUT2D eigenvalue weighted by Crippen LogP contribution is -2.33. The molecule has 0 unspecified atom stereocenters. The van der Waals surface area contributed by atoms with E-state index in [2.05, 4.69) is 10.6 Å². The molecule has 0 spiro atoms. The van der Waals surface area contributed by atoms with Crippen molar-refractivity contribution in [1.29, 1.82) is 0 Å². The number of anilines is 1. The Kier molecular flexibility index (Phi) is 6.94. The summed E-state index contributed by atoms with van der Waals surface area (Å²) in [5.41, 5.74) is 1.90. The number of amides is 1. The highest BCUT2D eigenvalue weighted by Gasteiger charge is 2.15. The highest BCUT2D eigenvalue weighted by atomic mass is 32.1. The lowest BCUT2D eigenvalue weighted by molar-refractivity contribution is 0.0525. The van der Waals surface area contributed by atoms with Gasteiger partial charge in [0.2, 0.25) is 0 Å². The second-order valence-electron chi connectivity index (χ2n) is 5.42. The Hall–Kier alpha value is -1.82. The highest BCUT2D eigenvalue weighted by Crippen LogP contribution is 2.15. The lowest BCUT2D eigenvalue weighted by Gasteiger charge is -2.19. The van der Waals surface area contributed by atoms with Gasteiger partial charge in [0.15, 0.2) is 0 Å². The molecule has 0 saturated heterocycles. The number of carbonyl (C=O) groups is 1. The monoisotopic (exact) mass is 310 g/mol. The second kappa shape index (κ2) is 8.46. The summed E-state index contributed by atoms with van der Waals surface area (Å²) < 4.78 is 10.7. The number of hydrogen-bond donors (Lipinski definition) is 2. The first-order valence-corrected chi connectivity index (χ1v) is 7.28.